The number of fused-ring (bicyclic) bond motifs is 1. The van der Waals surface area contributed by atoms with Gasteiger partial charge in [-0.3, -0.25) is 9.36 Å². The van der Waals surface area contributed by atoms with Crippen molar-refractivity contribution < 1.29 is 13.2 Å². The quantitative estimate of drug-likeness (QED) is 0.321. The predicted molar refractivity (Wildman–Crippen MR) is 110 cm³/mol. The Hall–Kier alpha value is -2.92. The number of nitrogens with zero attached hydrogens (tertiary/aromatic N) is 6. The van der Waals surface area contributed by atoms with E-state index in [2.05, 4.69) is 20.5 Å². The number of tetrazole rings is 1. The SMILES string of the molecule is CCn1c(SCc2nnnn2-c2ccc(Cl)cc2C(F)(F)F)nc2ccccc2c1=O. The molecule has 0 unspecified atom stereocenters. The lowest BCUT2D eigenvalue weighted by molar-refractivity contribution is -0.137. The van der Waals surface area contributed by atoms with E-state index in [9.17, 15) is 18.0 Å². The van der Waals surface area contributed by atoms with E-state index in [-0.39, 0.29) is 27.8 Å². The number of halogens is 4. The predicted octanol–water partition coefficient (Wildman–Crippen LogP) is 4.36. The van der Waals surface area contributed by atoms with Gasteiger partial charge in [-0.25, -0.2) is 4.98 Å². The van der Waals surface area contributed by atoms with E-state index in [1.807, 2.05) is 6.92 Å². The minimum absolute atomic E-state index is 0.0487. The number of hydrogen-bond donors (Lipinski definition) is 0. The molecule has 0 aliphatic heterocycles. The van der Waals surface area contributed by atoms with Crippen LogP contribution in [0.3, 0.4) is 0 Å². The number of aromatic nitrogens is 6. The van der Waals surface area contributed by atoms with E-state index in [4.69, 9.17) is 11.6 Å². The van der Waals surface area contributed by atoms with Gasteiger partial charge in [0.15, 0.2) is 11.0 Å². The van der Waals surface area contributed by atoms with Crippen molar-refractivity contribution in [3.63, 3.8) is 0 Å². The Morgan fingerprint density at radius 3 is 2.68 bits per heavy atom. The fourth-order valence-electron chi connectivity index (χ4n) is 3.07. The average Bonchev–Trinajstić information content (AvgIpc) is 3.20. The molecule has 2 heterocycles. The molecule has 4 rings (SSSR count). The summed E-state index contributed by atoms with van der Waals surface area (Å²) in [5.74, 6) is 0.264. The van der Waals surface area contributed by atoms with E-state index in [0.717, 1.165) is 22.5 Å². The van der Waals surface area contributed by atoms with Gasteiger partial charge >= 0.3 is 6.18 Å². The standard InChI is InChI=1S/C19H14ClF3N6OS/c1-2-28-17(30)12-5-3-4-6-14(12)24-18(28)31-10-16-25-26-27-29(16)15-8-7-11(20)9-13(15)19(21,22)23/h3-9H,2,10H2,1H3. The molecular formula is C19H14ClF3N6OS. The molecule has 0 saturated heterocycles. The van der Waals surface area contributed by atoms with E-state index < -0.39 is 11.7 Å². The van der Waals surface area contributed by atoms with Crippen LogP contribution >= 0.6 is 23.4 Å². The third-order valence-corrected chi connectivity index (χ3v) is 5.71. The van der Waals surface area contributed by atoms with Crippen LogP contribution in [0.5, 0.6) is 0 Å². The van der Waals surface area contributed by atoms with Crippen LogP contribution in [0.2, 0.25) is 5.02 Å². The van der Waals surface area contributed by atoms with Gasteiger partial charge in [0.05, 0.1) is 27.9 Å². The maximum Gasteiger partial charge on any atom is 0.418 e. The molecule has 12 heteroatoms. The van der Waals surface area contributed by atoms with E-state index in [1.165, 1.54) is 16.7 Å². The minimum atomic E-state index is -4.64. The molecule has 0 saturated carbocycles. The zero-order valence-electron chi connectivity index (χ0n) is 16.0. The van der Waals surface area contributed by atoms with Crippen molar-refractivity contribution in [1.29, 1.82) is 0 Å². The fourth-order valence-corrected chi connectivity index (χ4v) is 4.21. The van der Waals surface area contributed by atoms with Crippen LogP contribution in [0.4, 0.5) is 13.2 Å². The highest BCUT2D eigenvalue weighted by molar-refractivity contribution is 7.98. The second kappa shape index (κ2) is 8.31. The number of hydrogen-bond acceptors (Lipinski definition) is 6. The van der Waals surface area contributed by atoms with Crippen molar-refractivity contribution in [2.45, 2.75) is 30.6 Å². The van der Waals surface area contributed by atoms with Gasteiger partial charge in [0.1, 0.15) is 0 Å². The summed E-state index contributed by atoms with van der Waals surface area (Å²) < 4.78 is 43.0. The maximum absolute atomic E-state index is 13.5. The van der Waals surface area contributed by atoms with Gasteiger partial charge < -0.3 is 0 Å². The van der Waals surface area contributed by atoms with E-state index in [0.29, 0.717) is 22.6 Å². The molecule has 0 aliphatic rings. The second-order valence-corrected chi connectivity index (χ2v) is 7.79. The first-order valence-electron chi connectivity index (χ1n) is 9.06. The van der Waals surface area contributed by atoms with Gasteiger partial charge in [-0.1, -0.05) is 35.5 Å². The zero-order valence-corrected chi connectivity index (χ0v) is 17.5. The van der Waals surface area contributed by atoms with Crippen LogP contribution in [0.25, 0.3) is 16.6 Å². The monoisotopic (exact) mass is 466 g/mol. The first-order valence-corrected chi connectivity index (χ1v) is 10.4. The van der Waals surface area contributed by atoms with Crippen LogP contribution in [-0.4, -0.2) is 29.8 Å². The van der Waals surface area contributed by atoms with Crippen molar-refractivity contribution in [2.24, 2.45) is 0 Å². The van der Waals surface area contributed by atoms with Crippen LogP contribution in [0, 0.1) is 0 Å². The van der Waals surface area contributed by atoms with E-state index in [1.54, 1.807) is 24.3 Å². The van der Waals surface area contributed by atoms with Crippen molar-refractivity contribution in [2.75, 3.05) is 0 Å². The van der Waals surface area contributed by atoms with Gasteiger partial charge in [-0.15, -0.1) is 5.10 Å². The van der Waals surface area contributed by atoms with E-state index >= 15 is 0 Å². The Morgan fingerprint density at radius 2 is 1.94 bits per heavy atom. The molecule has 4 aromatic rings. The van der Waals surface area contributed by atoms with Gasteiger partial charge in [0.2, 0.25) is 0 Å². The van der Waals surface area contributed by atoms with Crippen LogP contribution in [-0.2, 0) is 18.5 Å². The molecule has 0 radical (unpaired) electrons. The molecular weight excluding hydrogens is 453 g/mol. The summed E-state index contributed by atoms with van der Waals surface area (Å²) in [7, 11) is 0. The number of rotatable bonds is 5. The summed E-state index contributed by atoms with van der Waals surface area (Å²) in [4.78, 5) is 17.3. The summed E-state index contributed by atoms with van der Waals surface area (Å²) in [6.07, 6.45) is -4.64. The molecule has 0 bridgehead atoms. The van der Waals surface area contributed by atoms with Crippen LogP contribution in [0.1, 0.15) is 18.3 Å². The Balaban J connectivity index is 1.71. The zero-order chi connectivity index (χ0) is 22.2. The number of thioether (sulfide) groups is 1. The van der Waals surface area contributed by atoms with Crippen LogP contribution < -0.4 is 5.56 Å². The van der Waals surface area contributed by atoms with Gasteiger partial charge in [-0.2, -0.15) is 17.9 Å². The highest BCUT2D eigenvalue weighted by Crippen LogP contribution is 2.36. The molecule has 0 aliphatic carbocycles. The fraction of sp³-hybridized carbons (Fsp3) is 0.211. The van der Waals surface area contributed by atoms with Gasteiger partial charge in [0, 0.05) is 11.6 Å². The molecule has 0 spiro atoms. The number of benzene rings is 2. The Labute approximate surface area is 182 Å². The van der Waals surface area contributed by atoms with Gasteiger partial charge in [-0.05, 0) is 47.7 Å². The van der Waals surface area contributed by atoms with Crippen molar-refractivity contribution in [3.05, 3.63) is 69.2 Å². The third kappa shape index (κ3) is 4.15. The number of para-hydroxylation sites is 1. The molecule has 31 heavy (non-hydrogen) atoms. The Kier molecular flexibility index (Phi) is 5.71. The maximum atomic E-state index is 13.5. The molecule has 0 amide bonds. The molecule has 0 fully saturated rings. The first kappa shape index (κ1) is 21.3. The first-order chi connectivity index (χ1) is 14.8. The van der Waals surface area contributed by atoms with Crippen molar-refractivity contribution in [1.82, 2.24) is 29.8 Å². The summed E-state index contributed by atoms with van der Waals surface area (Å²) in [6.45, 7) is 2.20. The lowest BCUT2D eigenvalue weighted by Gasteiger charge is -2.14. The molecule has 2 aromatic carbocycles. The topological polar surface area (TPSA) is 78.5 Å². The minimum Gasteiger partial charge on any atom is -0.287 e. The highest BCUT2D eigenvalue weighted by atomic mass is 35.5. The summed E-state index contributed by atoms with van der Waals surface area (Å²) in [6, 6.07) is 10.3. The third-order valence-electron chi connectivity index (χ3n) is 4.50. The van der Waals surface area contributed by atoms with Crippen LogP contribution in [0.15, 0.2) is 52.4 Å². The second-order valence-electron chi connectivity index (χ2n) is 6.42. The molecule has 0 N–H and O–H groups in total. The lowest BCUT2D eigenvalue weighted by atomic mass is 10.1. The normalized spacial score (nSPS) is 11.9. The average molecular weight is 467 g/mol. The molecule has 160 valence electrons. The number of alkyl halides is 3. The summed E-state index contributed by atoms with van der Waals surface area (Å²) >= 11 is 6.92. The largest absolute Gasteiger partial charge is 0.418 e. The molecule has 7 nitrogen and oxygen atoms in total. The highest BCUT2D eigenvalue weighted by Gasteiger charge is 2.35. The molecule has 0 atom stereocenters. The summed E-state index contributed by atoms with van der Waals surface area (Å²) in [5.41, 5.74) is -0.840. The lowest BCUT2D eigenvalue weighted by Crippen LogP contribution is -2.22. The summed E-state index contributed by atoms with van der Waals surface area (Å²) in [5, 5.41) is 12.0. The van der Waals surface area contributed by atoms with Crippen molar-refractivity contribution in [3.8, 4) is 5.69 Å². The van der Waals surface area contributed by atoms with Gasteiger partial charge in [0.25, 0.3) is 5.56 Å². The smallest absolute Gasteiger partial charge is 0.287 e. The molecule has 2 aromatic heterocycles. The Bertz CT molecular complexity index is 1320. The van der Waals surface area contributed by atoms with Crippen molar-refractivity contribution >= 4 is 34.3 Å². The Morgan fingerprint density at radius 1 is 1.16 bits per heavy atom.